The van der Waals surface area contributed by atoms with Gasteiger partial charge in [0, 0.05) is 16.6 Å². The summed E-state index contributed by atoms with van der Waals surface area (Å²) in [4.78, 5) is 33.2. The van der Waals surface area contributed by atoms with Crippen LogP contribution in [0.3, 0.4) is 0 Å². The van der Waals surface area contributed by atoms with Crippen LogP contribution in [-0.2, 0) is 4.79 Å². The fourth-order valence-corrected chi connectivity index (χ4v) is 4.92. The summed E-state index contributed by atoms with van der Waals surface area (Å²) < 4.78 is 5.39. The number of benzene rings is 2. The molecule has 0 aliphatic heterocycles. The van der Waals surface area contributed by atoms with E-state index >= 15 is 0 Å². The highest BCUT2D eigenvalue weighted by Gasteiger charge is 2.23. The van der Waals surface area contributed by atoms with Crippen molar-refractivity contribution in [1.82, 2.24) is 9.97 Å². The number of thioether (sulfide) groups is 1. The van der Waals surface area contributed by atoms with Gasteiger partial charge in [0.1, 0.15) is 34.3 Å². The molecule has 0 saturated heterocycles. The summed E-state index contributed by atoms with van der Waals surface area (Å²) >= 11 is 1.01. The zero-order chi connectivity index (χ0) is 28.2. The highest BCUT2D eigenvalue weighted by molar-refractivity contribution is 8.00. The zero-order valence-electron chi connectivity index (χ0n) is 20.6. The van der Waals surface area contributed by atoms with Crippen molar-refractivity contribution in [2.75, 3.05) is 16.8 Å². The van der Waals surface area contributed by atoms with Gasteiger partial charge in [0.2, 0.25) is 5.91 Å². The van der Waals surface area contributed by atoms with Gasteiger partial charge in [0.15, 0.2) is 0 Å². The summed E-state index contributed by atoms with van der Waals surface area (Å²) in [6.07, 6.45) is 1.42. The minimum absolute atomic E-state index is 0.0248. The Hall–Kier alpha value is -5.65. The first-order chi connectivity index (χ1) is 19.4. The molecule has 194 valence electrons. The number of aromatic nitrogens is 2. The molecular formula is C29H18N6O4S. The van der Waals surface area contributed by atoms with Crippen LogP contribution in [0.25, 0.3) is 33.5 Å². The van der Waals surface area contributed by atoms with Crippen LogP contribution >= 0.6 is 11.8 Å². The Morgan fingerprint density at radius 2 is 1.75 bits per heavy atom. The average molecular weight is 547 g/mol. The smallest absolute Gasteiger partial charge is 0.336 e. The first-order valence-corrected chi connectivity index (χ1v) is 12.7. The van der Waals surface area contributed by atoms with Crippen LogP contribution in [0.2, 0.25) is 0 Å². The summed E-state index contributed by atoms with van der Waals surface area (Å²) in [5, 5.41) is 32.5. The van der Waals surface area contributed by atoms with Crippen LogP contribution in [0, 0.1) is 22.7 Å². The third kappa shape index (κ3) is 5.05. The predicted molar refractivity (Wildman–Crippen MR) is 149 cm³/mol. The molecule has 0 aliphatic carbocycles. The number of hydrogen-bond donors (Lipinski definition) is 3. The molecule has 0 aliphatic rings. The standard InChI is InChI=1S/C29H18N6O4S/c30-13-20-26(24-6-3-11-39-24)21(14-31)28(35-27(20)32)40-15-25(36)33-17-9-7-16(8-10-17)23-12-19(29(37)38)18-4-1-2-5-22(18)34-23/h1-12H,15H2,(H2,32,35)(H,33,36)(H,37,38). The van der Waals surface area contributed by atoms with Crippen molar-refractivity contribution in [3.8, 4) is 34.7 Å². The molecule has 0 bridgehead atoms. The van der Waals surface area contributed by atoms with Gasteiger partial charge in [-0.2, -0.15) is 10.5 Å². The molecule has 0 saturated carbocycles. The lowest BCUT2D eigenvalue weighted by Crippen LogP contribution is -2.14. The number of anilines is 2. The Kier molecular flexibility index (Phi) is 7.14. The second kappa shape index (κ2) is 11.0. The molecule has 2 aromatic carbocycles. The van der Waals surface area contributed by atoms with Gasteiger partial charge < -0.3 is 20.6 Å². The van der Waals surface area contributed by atoms with Gasteiger partial charge in [0.25, 0.3) is 0 Å². The second-order valence-electron chi connectivity index (χ2n) is 8.42. The molecule has 5 rings (SSSR count). The molecule has 10 nitrogen and oxygen atoms in total. The van der Waals surface area contributed by atoms with E-state index in [1.165, 1.54) is 12.3 Å². The van der Waals surface area contributed by atoms with Crippen molar-refractivity contribution in [1.29, 1.82) is 10.5 Å². The van der Waals surface area contributed by atoms with Crippen LogP contribution in [-0.4, -0.2) is 32.7 Å². The van der Waals surface area contributed by atoms with Crippen LogP contribution in [0.5, 0.6) is 0 Å². The number of hydrogen-bond acceptors (Lipinski definition) is 9. The monoisotopic (exact) mass is 546 g/mol. The highest BCUT2D eigenvalue weighted by Crippen LogP contribution is 2.36. The maximum atomic E-state index is 12.7. The molecule has 40 heavy (non-hydrogen) atoms. The number of carboxylic acids is 1. The molecule has 11 heteroatoms. The van der Waals surface area contributed by atoms with Crippen molar-refractivity contribution in [2.24, 2.45) is 0 Å². The van der Waals surface area contributed by atoms with Gasteiger partial charge in [-0.1, -0.05) is 42.1 Å². The fraction of sp³-hybridized carbons (Fsp3) is 0.0345. The minimum atomic E-state index is -1.05. The molecule has 5 aromatic rings. The number of nitrogens with two attached hydrogens (primary N) is 1. The molecule has 0 atom stereocenters. The summed E-state index contributed by atoms with van der Waals surface area (Å²) in [7, 11) is 0. The average Bonchev–Trinajstić information content (AvgIpc) is 3.50. The van der Waals surface area contributed by atoms with Crippen molar-refractivity contribution >= 4 is 46.0 Å². The van der Waals surface area contributed by atoms with Gasteiger partial charge >= 0.3 is 5.97 Å². The molecule has 0 fully saturated rings. The van der Waals surface area contributed by atoms with E-state index < -0.39 is 5.97 Å². The molecule has 3 aromatic heterocycles. The van der Waals surface area contributed by atoms with Crippen molar-refractivity contribution < 1.29 is 19.1 Å². The number of nitrogen functional groups attached to an aromatic ring is 1. The number of pyridine rings is 2. The first kappa shape index (κ1) is 26.0. The van der Waals surface area contributed by atoms with E-state index in [1.807, 2.05) is 12.1 Å². The lowest BCUT2D eigenvalue weighted by Gasteiger charge is -2.11. The zero-order valence-corrected chi connectivity index (χ0v) is 21.4. The SMILES string of the molecule is N#Cc1c(N)nc(SCC(=O)Nc2ccc(-c3cc(C(=O)O)c4ccccc4n3)cc2)c(C#N)c1-c1ccco1. The molecule has 0 spiro atoms. The van der Waals surface area contributed by atoms with E-state index in [2.05, 4.69) is 15.3 Å². The van der Waals surface area contributed by atoms with E-state index in [0.29, 0.717) is 33.6 Å². The maximum Gasteiger partial charge on any atom is 0.336 e. The number of carbonyl (C=O) groups excluding carboxylic acids is 1. The number of rotatable bonds is 7. The Morgan fingerprint density at radius 1 is 1.00 bits per heavy atom. The number of nitrogens with zero attached hydrogens (tertiary/aromatic N) is 4. The van der Waals surface area contributed by atoms with E-state index in [4.69, 9.17) is 10.2 Å². The first-order valence-electron chi connectivity index (χ1n) is 11.7. The number of amides is 1. The number of fused-ring (bicyclic) bond motifs is 1. The number of para-hydroxylation sites is 1. The summed E-state index contributed by atoms with van der Waals surface area (Å²) in [5.41, 5.74) is 8.72. The molecule has 0 radical (unpaired) electrons. The number of furan rings is 1. The van der Waals surface area contributed by atoms with Gasteiger partial charge in [-0.3, -0.25) is 4.79 Å². The fourth-order valence-electron chi connectivity index (χ4n) is 4.13. The van der Waals surface area contributed by atoms with Crippen LogP contribution in [0.15, 0.2) is 82.4 Å². The van der Waals surface area contributed by atoms with Crippen molar-refractivity contribution in [3.63, 3.8) is 0 Å². The number of nitrogens with one attached hydrogen (secondary N) is 1. The van der Waals surface area contributed by atoms with Crippen molar-refractivity contribution in [2.45, 2.75) is 5.03 Å². The number of carbonyl (C=O) groups is 2. The Bertz CT molecular complexity index is 1860. The lowest BCUT2D eigenvalue weighted by atomic mass is 10.0. The van der Waals surface area contributed by atoms with Gasteiger partial charge in [0.05, 0.1) is 39.9 Å². The highest BCUT2D eigenvalue weighted by atomic mass is 32.2. The van der Waals surface area contributed by atoms with Gasteiger partial charge in [-0.05, 0) is 36.4 Å². The third-order valence-electron chi connectivity index (χ3n) is 5.93. The topological polar surface area (TPSA) is 179 Å². The lowest BCUT2D eigenvalue weighted by molar-refractivity contribution is -0.113. The largest absolute Gasteiger partial charge is 0.478 e. The van der Waals surface area contributed by atoms with Crippen LogP contribution < -0.4 is 11.1 Å². The predicted octanol–water partition coefficient (Wildman–Crippen LogP) is 5.31. The minimum Gasteiger partial charge on any atom is -0.478 e. The number of aromatic carboxylic acids is 1. The third-order valence-corrected chi connectivity index (χ3v) is 6.91. The number of nitriles is 2. The molecule has 0 unspecified atom stereocenters. The quantitative estimate of drug-likeness (QED) is 0.226. The van der Waals surface area contributed by atoms with Gasteiger partial charge in [-0.25, -0.2) is 14.8 Å². The normalized spacial score (nSPS) is 10.6. The van der Waals surface area contributed by atoms with E-state index in [0.717, 1.165) is 11.8 Å². The van der Waals surface area contributed by atoms with Crippen LogP contribution in [0.4, 0.5) is 11.5 Å². The van der Waals surface area contributed by atoms with E-state index in [-0.39, 0.29) is 44.8 Å². The van der Waals surface area contributed by atoms with Crippen LogP contribution in [0.1, 0.15) is 21.5 Å². The van der Waals surface area contributed by atoms with E-state index in [9.17, 15) is 25.2 Å². The summed E-state index contributed by atoms with van der Waals surface area (Å²) in [5.74, 6) is -1.26. The maximum absolute atomic E-state index is 12.7. The second-order valence-corrected chi connectivity index (χ2v) is 9.38. The molecule has 4 N–H and O–H groups in total. The van der Waals surface area contributed by atoms with E-state index in [1.54, 1.807) is 60.7 Å². The summed E-state index contributed by atoms with van der Waals surface area (Å²) in [6.45, 7) is 0. The Morgan fingerprint density at radius 3 is 2.42 bits per heavy atom. The number of carboxylic acid groups (broad SMARTS) is 1. The Labute approximate surface area is 231 Å². The summed E-state index contributed by atoms with van der Waals surface area (Å²) in [6, 6.07) is 22.6. The van der Waals surface area contributed by atoms with Gasteiger partial charge in [-0.15, -0.1) is 0 Å². The van der Waals surface area contributed by atoms with Crippen molar-refractivity contribution in [3.05, 3.63) is 89.7 Å². The molecule has 3 heterocycles. The molecule has 1 amide bonds. The Balaban J connectivity index is 1.33. The molecular weight excluding hydrogens is 528 g/mol.